The first kappa shape index (κ1) is 13.8. The Morgan fingerprint density at radius 1 is 1.45 bits per heavy atom. The lowest BCUT2D eigenvalue weighted by Crippen LogP contribution is -2.50. The molecule has 1 amide bonds. The molecular weight excluding hydrogens is 276 g/mol. The molecule has 0 aromatic carbocycles. The number of nitrogens with one attached hydrogen (secondary N) is 1. The summed E-state index contributed by atoms with van der Waals surface area (Å²) in [4.78, 5) is 14.1. The number of nitrogens with zero attached hydrogens (tertiary/aromatic N) is 3. The molecule has 0 bridgehead atoms. The van der Waals surface area contributed by atoms with E-state index >= 15 is 0 Å². The summed E-state index contributed by atoms with van der Waals surface area (Å²) in [6.07, 6.45) is 1.79. The number of anilines is 1. The maximum absolute atomic E-state index is 12.0. The monoisotopic (exact) mass is 296 g/mol. The standard InChI is InChI=1S/C13H20N4O2S/c1-8(2)12-15-16-13(20-12)17-5-6-19-10(7-17)11(18)14-9-3-4-9/h8-10H,3-7H2,1-2H3,(H,14,18). The van der Waals surface area contributed by atoms with Gasteiger partial charge in [0.2, 0.25) is 5.13 Å². The third kappa shape index (κ3) is 3.09. The summed E-state index contributed by atoms with van der Waals surface area (Å²) in [5, 5.41) is 13.4. The van der Waals surface area contributed by atoms with Crippen LogP contribution in [0.3, 0.4) is 0 Å². The molecule has 110 valence electrons. The van der Waals surface area contributed by atoms with Crippen LogP contribution in [-0.2, 0) is 9.53 Å². The number of hydrogen-bond donors (Lipinski definition) is 1. The molecule has 20 heavy (non-hydrogen) atoms. The molecule has 1 saturated carbocycles. The van der Waals surface area contributed by atoms with Crippen molar-refractivity contribution in [3.63, 3.8) is 0 Å². The summed E-state index contributed by atoms with van der Waals surface area (Å²) in [6.45, 7) is 6.09. The maximum atomic E-state index is 12.0. The number of aromatic nitrogens is 2. The van der Waals surface area contributed by atoms with Gasteiger partial charge in [-0.15, -0.1) is 10.2 Å². The predicted octanol–water partition coefficient (Wildman–Crippen LogP) is 1.15. The summed E-state index contributed by atoms with van der Waals surface area (Å²) < 4.78 is 5.58. The van der Waals surface area contributed by atoms with Gasteiger partial charge in [-0.2, -0.15) is 0 Å². The minimum atomic E-state index is -0.393. The summed E-state index contributed by atoms with van der Waals surface area (Å²) in [6, 6.07) is 0.371. The van der Waals surface area contributed by atoms with Gasteiger partial charge in [-0.3, -0.25) is 4.79 Å². The molecule has 2 aliphatic rings. The van der Waals surface area contributed by atoms with Crippen molar-refractivity contribution < 1.29 is 9.53 Å². The fourth-order valence-electron chi connectivity index (χ4n) is 2.09. The Balaban J connectivity index is 1.62. The van der Waals surface area contributed by atoms with Crippen LogP contribution >= 0.6 is 11.3 Å². The van der Waals surface area contributed by atoms with E-state index in [9.17, 15) is 4.79 Å². The van der Waals surface area contributed by atoms with Gasteiger partial charge >= 0.3 is 0 Å². The summed E-state index contributed by atoms with van der Waals surface area (Å²) in [5.74, 6) is 0.391. The SMILES string of the molecule is CC(C)c1nnc(N2CCOC(C(=O)NC3CC3)C2)s1. The van der Waals surface area contributed by atoms with E-state index in [4.69, 9.17) is 4.74 Å². The lowest BCUT2D eigenvalue weighted by atomic mass is 10.2. The highest BCUT2D eigenvalue weighted by atomic mass is 32.1. The number of hydrogen-bond acceptors (Lipinski definition) is 6. The minimum Gasteiger partial charge on any atom is -0.365 e. The third-order valence-electron chi connectivity index (χ3n) is 3.48. The van der Waals surface area contributed by atoms with Crippen molar-refractivity contribution in [2.75, 3.05) is 24.6 Å². The highest BCUT2D eigenvalue weighted by Crippen LogP contribution is 2.27. The molecule has 1 unspecified atom stereocenters. The van der Waals surface area contributed by atoms with E-state index in [0.717, 1.165) is 29.5 Å². The average molecular weight is 296 g/mol. The Bertz CT molecular complexity index is 486. The molecule has 1 aliphatic heterocycles. The maximum Gasteiger partial charge on any atom is 0.251 e. The Morgan fingerprint density at radius 3 is 2.90 bits per heavy atom. The van der Waals surface area contributed by atoms with E-state index in [2.05, 4.69) is 34.3 Å². The molecule has 0 spiro atoms. The smallest absolute Gasteiger partial charge is 0.251 e. The predicted molar refractivity (Wildman–Crippen MR) is 77.1 cm³/mol. The van der Waals surface area contributed by atoms with Gasteiger partial charge in [-0.05, 0) is 12.8 Å². The van der Waals surface area contributed by atoms with Gasteiger partial charge in [0, 0.05) is 18.5 Å². The zero-order valence-corrected chi connectivity index (χ0v) is 12.7. The Kier molecular flexibility index (Phi) is 3.89. The van der Waals surface area contributed by atoms with Crippen LogP contribution in [0.1, 0.15) is 37.6 Å². The van der Waals surface area contributed by atoms with E-state index in [0.29, 0.717) is 25.1 Å². The Labute approximate surface area is 122 Å². The van der Waals surface area contributed by atoms with Gasteiger partial charge in [-0.25, -0.2) is 0 Å². The summed E-state index contributed by atoms with van der Waals surface area (Å²) in [5.41, 5.74) is 0. The average Bonchev–Trinajstić information content (AvgIpc) is 3.11. The second-order valence-electron chi connectivity index (χ2n) is 5.67. The van der Waals surface area contributed by atoms with Crippen molar-refractivity contribution >= 4 is 22.4 Å². The van der Waals surface area contributed by atoms with E-state index in [-0.39, 0.29) is 5.91 Å². The molecule has 2 heterocycles. The van der Waals surface area contributed by atoms with Gasteiger partial charge in [0.25, 0.3) is 5.91 Å². The number of amides is 1. The highest BCUT2D eigenvalue weighted by Gasteiger charge is 2.32. The van der Waals surface area contributed by atoms with Crippen LogP contribution in [0.2, 0.25) is 0 Å². The minimum absolute atomic E-state index is 0.00537. The first-order valence-electron chi connectivity index (χ1n) is 7.14. The van der Waals surface area contributed by atoms with Gasteiger partial charge in [0.15, 0.2) is 6.10 Å². The molecule has 1 saturated heterocycles. The second kappa shape index (κ2) is 5.65. The molecule has 1 N–H and O–H groups in total. The topological polar surface area (TPSA) is 67.3 Å². The largest absolute Gasteiger partial charge is 0.365 e. The van der Waals surface area contributed by atoms with Crippen LogP contribution in [0.25, 0.3) is 0 Å². The zero-order valence-electron chi connectivity index (χ0n) is 11.8. The highest BCUT2D eigenvalue weighted by molar-refractivity contribution is 7.15. The first-order chi connectivity index (χ1) is 9.63. The molecule has 1 aliphatic carbocycles. The molecule has 6 nitrogen and oxygen atoms in total. The van der Waals surface area contributed by atoms with Crippen molar-refractivity contribution in [2.45, 2.75) is 44.8 Å². The van der Waals surface area contributed by atoms with E-state index in [1.807, 2.05) is 0 Å². The van der Waals surface area contributed by atoms with E-state index in [1.165, 1.54) is 0 Å². The second-order valence-corrected chi connectivity index (χ2v) is 6.65. The lowest BCUT2D eigenvalue weighted by Gasteiger charge is -2.31. The van der Waals surface area contributed by atoms with Crippen molar-refractivity contribution in [1.82, 2.24) is 15.5 Å². The Hall–Kier alpha value is -1.21. The third-order valence-corrected chi connectivity index (χ3v) is 4.76. The summed E-state index contributed by atoms with van der Waals surface area (Å²) in [7, 11) is 0. The van der Waals surface area contributed by atoms with Crippen LogP contribution in [0.4, 0.5) is 5.13 Å². The van der Waals surface area contributed by atoms with Crippen molar-refractivity contribution in [1.29, 1.82) is 0 Å². The molecule has 1 atom stereocenters. The zero-order chi connectivity index (χ0) is 14.1. The molecule has 7 heteroatoms. The van der Waals surface area contributed by atoms with Crippen molar-refractivity contribution in [3.8, 4) is 0 Å². The number of carbonyl (C=O) groups excluding carboxylic acids is 1. The van der Waals surface area contributed by atoms with Gasteiger partial charge < -0.3 is 15.0 Å². The first-order valence-corrected chi connectivity index (χ1v) is 7.95. The van der Waals surface area contributed by atoms with E-state index < -0.39 is 6.10 Å². The van der Waals surface area contributed by atoms with Crippen LogP contribution in [0, 0.1) is 0 Å². The number of carbonyl (C=O) groups is 1. The van der Waals surface area contributed by atoms with Crippen LogP contribution in [-0.4, -0.2) is 47.9 Å². The van der Waals surface area contributed by atoms with Crippen molar-refractivity contribution in [3.05, 3.63) is 5.01 Å². The van der Waals surface area contributed by atoms with Crippen LogP contribution < -0.4 is 10.2 Å². The summed E-state index contributed by atoms with van der Waals surface area (Å²) >= 11 is 1.60. The molecule has 3 rings (SSSR count). The van der Waals surface area contributed by atoms with Gasteiger partial charge in [0.1, 0.15) is 5.01 Å². The molecule has 2 fully saturated rings. The number of ether oxygens (including phenoxy) is 1. The van der Waals surface area contributed by atoms with Crippen LogP contribution in [0.15, 0.2) is 0 Å². The molecule has 0 radical (unpaired) electrons. The molecule has 1 aromatic rings. The van der Waals surface area contributed by atoms with Gasteiger partial charge in [-0.1, -0.05) is 25.2 Å². The van der Waals surface area contributed by atoms with Crippen LogP contribution in [0.5, 0.6) is 0 Å². The van der Waals surface area contributed by atoms with Gasteiger partial charge in [0.05, 0.1) is 13.2 Å². The van der Waals surface area contributed by atoms with Crippen molar-refractivity contribution in [2.24, 2.45) is 0 Å². The Morgan fingerprint density at radius 2 is 2.25 bits per heavy atom. The molecule has 1 aromatic heterocycles. The quantitative estimate of drug-likeness (QED) is 0.902. The number of morpholine rings is 1. The normalized spacial score (nSPS) is 23.1. The fraction of sp³-hybridized carbons (Fsp3) is 0.769. The lowest BCUT2D eigenvalue weighted by molar-refractivity contribution is -0.133. The van der Waals surface area contributed by atoms with E-state index in [1.54, 1.807) is 11.3 Å². The fourth-order valence-corrected chi connectivity index (χ4v) is 2.97. The molecular formula is C13H20N4O2S. The number of rotatable bonds is 4.